The maximum Gasteiger partial charge on any atom is 0.226 e. The van der Waals surface area contributed by atoms with Gasteiger partial charge in [0.05, 0.1) is 19.3 Å². The van der Waals surface area contributed by atoms with Crippen molar-refractivity contribution in [2.75, 3.05) is 20.7 Å². The lowest BCUT2D eigenvalue weighted by atomic mass is 10.2. The Hall–Kier alpha value is -3.36. The number of aliphatic imine (C=N–C) groups is 1. The molecule has 0 radical (unpaired) electrons. The van der Waals surface area contributed by atoms with Crippen LogP contribution < -0.4 is 15.4 Å². The lowest BCUT2D eigenvalue weighted by molar-refractivity contribution is 0.374. The van der Waals surface area contributed by atoms with Crippen LogP contribution in [0.3, 0.4) is 0 Å². The van der Waals surface area contributed by atoms with Crippen LogP contribution in [0, 0.1) is 13.8 Å². The number of rotatable bonds is 10. The lowest BCUT2D eigenvalue weighted by Crippen LogP contribution is -2.37. The van der Waals surface area contributed by atoms with Crippen LogP contribution >= 0.6 is 0 Å². The molecule has 3 aromatic rings. The number of guanidine groups is 1. The zero-order chi connectivity index (χ0) is 22.1. The zero-order valence-corrected chi connectivity index (χ0v) is 18.6. The topological polar surface area (TPSA) is 111 Å². The molecule has 2 N–H and O–H groups in total. The molecule has 0 bridgehead atoms. The number of aryl methyl sites for hydroxylation is 3. The minimum absolute atomic E-state index is 0.502. The van der Waals surface area contributed by atoms with E-state index in [0.717, 1.165) is 61.0 Å². The molecule has 31 heavy (non-hydrogen) atoms. The summed E-state index contributed by atoms with van der Waals surface area (Å²) in [6.07, 6.45) is 3.80. The number of ether oxygens (including phenoxy) is 1. The fourth-order valence-electron chi connectivity index (χ4n) is 2.99. The van der Waals surface area contributed by atoms with Gasteiger partial charge in [0.25, 0.3) is 0 Å². The normalized spacial score (nSPS) is 11.5. The summed E-state index contributed by atoms with van der Waals surface area (Å²) in [6, 6.07) is 7.61. The van der Waals surface area contributed by atoms with E-state index in [2.05, 4.69) is 30.8 Å². The van der Waals surface area contributed by atoms with E-state index in [1.807, 2.05) is 38.1 Å². The number of methoxy groups -OCH3 is 1. The molecule has 0 atom stereocenters. The van der Waals surface area contributed by atoms with E-state index >= 15 is 0 Å². The maximum atomic E-state index is 5.57. The molecule has 2 aromatic heterocycles. The van der Waals surface area contributed by atoms with Gasteiger partial charge in [-0.15, -0.1) is 0 Å². The fraction of sp³-hybridized carbons (Fsp3) is 0.455. The molecule has 0 unspecified atom stereocenters. The predicted octanol–water partition coefficient (Wildman–Crippen LogP) is 3.43. The van der Waals surface area contributed by atoms with Crippen LogP contribution in [-0.4, -0.2) is 41.8 Å². The SMILES string of the molecule is CN=C(NCCCCCc1nc(-c2ccc(OC)cc2)no1)NCc1nc(C)c(C)o1. The van der Waals surface area contributed by atoms with Crippen molar-refractivity contribution in [3.05, 3.63) is 47.5 Å². The van der Waals surface area contributed by atoms with Crippen LogP contribution in [-0.2, 0) is 13.0 Å². The lowest BCUT2D eigenvalue weighted by Gasteiger charge is -2.10. The van der Waals surface area contributed by atoms with Crippen molar-refractivity contribution < 1.29 is 13.7 Å². The third-order valence-corrected chi connectivity index (χ3v) is 4.88. The van der Waals surface area contributed by atoms with E-state index in [9.17, 15) is 0 Å². The molecule has 9 nitrogen and oxygen atoms in total. The minimum atomic E-state index is 0.502. The number of unbranched alkanes of at least 4 members (excludes halogenated alkanes) is 2. The molecule has 0 amide bonds. The molecular weight excluding hydrogens is 396 g/mol. The Labute approximate surface area is 182 Å². The van der Waals surface area contributed by atoms with Crippen molar-refractivity contribution in [1.82, 2.24) is 25.8 Å². The molecule has 3 rings (SSSR count). The largest absolute Gasteiger partial charge is 0.497 e. The van der Waals surface area contributed by atoms with Crippen molar-refractivity contribution in [2.24, 2.45) is 4.99 Å². The van der Waals surface area contributed by atoms with E-state index in [4.69, 9.17) is 13.7 Å². The number of hydrogen-bond donors (Lipinski definition) is 2. The molecule has 1 aromatic carbocycles. The molecule has 0 saturated heterocycles. The number of aromatic nitrogens is 3. The average molecular weight is 427 g/mol. The highest BCUT2D eigenvalue weighted by atomic mass is 16.5. The van der Waals surface area contributed by atoms with Crippen LogP contribution in [0.25, 0.3) is 11.4 Å². The Morgan fingerprint density at radius 1 is 1.03 bits per heavy atom. The van der Waals surface area contributed by atoms with Gasteiger partial charge in [0.15, 0.2) is 5.96 Å². The number of oxazole rings is 1. The molecule has 2 heterocycles. The quantitative estimate of drug-likeness (QED) is 0.288. The van der Waals surface area contributed by atoms with Crippen molar-refractivity contribution in [3.63, 3.8) is 0 Å². The van der Waals surface area contributed by atoms with Crippen LogP contribution in [0.2, 0.25) is 0 Å². The molecule has 0 aliphatic carbocycles. The molecule has 9 heteroatoms. The molecule has 0 fully saturated rings. The monoisotopic (exact) mass is 426 g/mol. The first-order valence-corrected chi connectivity index (χ1v) is 10.4. The van der Waals surface area contributed by atoms with Crippen molar-refractivity contribution in [2.45, 2.75) is 46.1 Å². The van der Waals surface area contributed by atoms with Crippen LogP contribution in [0.4, 0.5) is 0 Å². The summed E-state index contributed by atoms with van der Waals surface area (Å²) in [7, 11) is 3.39. The van der Waals surface area contributed by atoms with Crippen LogP contribution in [0.5, 0.6) is 5.75 Å². The van der Waals surface area contributed by atoms with Crippen LogP contribution in [0.15, 0.2) is 38.2 Å². The Kier molecular flexibility index (Phi) is 8.03. The molecule has 0 saturated carbocycles. The maximum absolute atomic E-state index is 5.57. The Balaban J connectivity index is 1.32. The number of nitrogens with zero attached hydrogens (tertiary/aromatic N) is 4. The van der Waals surface area contributed by atoms with Gasteiger partial charge in [0, 0.05) is 25.6 Å². The first kappa shape index (κ1) is 22.3. The highest BCUT2D eigenvalue weighted by molar-refractivity contribution is 5.79. The van der Waals surface area contributed by atoms with E-state index < -0.39 is 0 Å². The number of hydrogen-bond acceptors (Lipinski definition) is 7. The first-order chi connectivity index (χ1) is 15.1. The van der Waals surface area contributed by atoms with E-state index in [-0.39, 0.29) is 0 Å². The van der Waals surface area contributed by atoms with E-state index in [1.165, 1.54) is 0 Å². The second-order valence-electron chi connectivity index (χ2n) is 7.15. The smallest absolute Gasteiger partial charge is 0.226 e. The zero-order valence-electron chi connectivity index (χ0n) is 18.6. The van der Waals surface area contributed by atoms with Gasteiger partial charge in [-0.3, -0.25) is 4.99 Å². The summed E-state index contributed by atoms with van der Waals surface area (Å²) < 4.78 is 16.1. The van der Waals surface area contributed by atoms with Gasteiger partial charge >= 0.3 is 0 Å². The molecule has 0 aliphatic heterocycles. The summed E-state index contributed by atoms with van der Waals surface area (Å²) in [5, 5.41) is 10.6. The third kappa shape index (κ3) is 6.56. The highest BCUT2D eigenvalue weighted by Crippen LogP contribution is 2.20. The van der Waals surface area contributed by atoms with Gasteiger partial charge < -0.3 is 24.3 Å². The second kappa shape index (κ2) is 11.1. The van der Waals surface area contributed by atoms with Gasteiger partial charge in [-0.2, -0.15) is 4.98 Å². The highest BCUT2D eigenvalue weighted by Gasteiger charge is 2.09. The molecule has 0 spiro atoms. The summed E-state index contributed by atoms with van der Waals surface area (Å²) in [6.45, 7) is 5.17. The fourth-order valence-corrected chi connectivity index (χ4v) is 2.99. The van der Waals surface area contributed by atoms with Crippen molar-refractivity contribution in [1.29, 1.82) is 0 Å². The van der Waals surface area contributed by atoms with Gasteiger partial charge in [0.2, 0.25) is 17.6 Å². The Morgan fingerprint density at radius 2 is 1.84 bits per heavy atom. The van der Waals surface area contributed by atoms with E-state index in [0.29, 0.717) is 24.2 Å². The molecular formula is C22H30N6O3. The summed E-state index contributed by atoms with van der Waals surface area (Å²) >= 11 is 0. The molecule has 166 valence electrons. The summed E-state index contributed by atoms with van der Waals surface area (Å²) in [5.74, 6) is 4.30. The number of benzene rings is 1. The van der Waals surface area contributed by atoms with E-state index in [1.54, 1.807) is 14.2 Å². The molecule has 0 aliphatic rings. The van der Waals surface area contributed by atoms with Gasteiger partial charge in [0.1, 0.15) is 11.5 Å². The first-order valence-electron chi connectivity index (χ1n) is 10.4. The van der Waals surface area contributed by atoms with Crippen LogP contribution in [0.1, 0.15) is 42.5 Å². The third-order valence-electron chi connectivity index (χ3n) is 4.88. The van der Waals surface area contributed by atoms with Gasteiger partial charge in [-0.25, -0.2) is 4.98 Å². The summed E-state index contributed by atoms with van der Waals surface area (Å²) in [4.78, 5) is 13.1. The second-order valence-corrected chi connectivity index (χ2v) is 7.15. The number of nitrogens with one attached hydrogen (secondary N) is 2. The minimum Gasteiger partial charge on any atom is -0.497 e. The van der Waals surface area contributed by atoms with Crippen molar-refractivity contribution >= 4 is 5.96 Å². The predicted molar refractivity (Wildman–Crippen MR) is 118 cm³/mol. The Bertz CT molecular complexity index is 958. The standard InChI is InChI=1S/C22H30N6O3/c1-15-16(2)30-20(26-15)14-25-22(23-3)24-13-7-5-6-8-19-27-21(28-31-19)17-9-11-18(29-4)12-10-17/h9-12H,5-8,13-14H2,1-4H3,(H2,23,24,25). The summed E-state index contributed by atoms with van der Waals surface area (Å²) in [5.41, 5.74) is 1.83. The van der Waals surface area contributed by atoms with Gasteiger partial charge in [-0.1, -0.05) is 11.6 Å². The van der Waals surface area contributed by atoms with Crippen molar-refractivity contribution in [3.8, 4) is 17.1 Å². The van der Waals surface area contributed by atoms with Gasteiger partial charge in [-0.05, 0) is 51.0 Å². The average Bonchev–Trinajstić information content (AvgIpc) is 3.39. The Morgan fingerprint density at radius 3 is 2.52 bits per heavy atom.